The highest BCUT2D eigenvalue weighted by atomic mass is 35.5. The molecule has 0 atom stereocenters. The molecule has 2 saturated heterocycles. The van der Waals surface area contributed by atoms with Crippen LogP contribution in [-0.4, -0.2) is 55.6 Å². The van der Waals surface area contributed by atoms with Crippen LogP contribution in [0, 0.1) is 12.8 Å². The van der Waals surface area contributed by atoms with Crippen LogP contribution in [0.2, 0.25) is 5.02 Å². The largest absolute Gasteiger partial charge is 0.339 e. The molecule has 4 rings (SSSR count). The zero-order valence-corrected chi connectivity index (χ0v) is 20.2. The van der Waals surface area contributed by atoms with Crippen LogP contribution in [0.25, 0.3) is 0 Å². The maximum atomic E-state index is 13.1. The van der Waals surface area contributed by atoms with Crippen LogP contribution in [-0.2, 0) is 14.8 Å². The molecule has 0 saturated carbocycles. The highest BCUT2D eigenvalue weighted by Gasteiger charge is 2.34. The van der Waals surface area contributed by atoms with E-state index >= 15 is 0 Å². The molecule has 2 aliphatic heterocycles. The highest BCUT2D eigenvalue weighted by Crippen LogP contribution is 2.30. The molecule has 2 aliphatic rings. The molecule has 172 valence electrons. The van der Waals surface area contributed by atoms with E-state index < -0.39 is 10.0 Å². The Morgan fingerprint density at radius 1 is 1.09 bits per heavy atom. The predicted octanol–water partition coefficient (Wildman–Crippen LogP) is 3.99. The first-order valence-corrected chi connectivity index (χ1v) is 13.4. The standard InChI is InChI=1S/C22H26ClN3O4S2/c1-15-4-5-18(23)13-19(15)24-21(27)16-6-10-26(11-7-16)32(29,30)20-12-17(14-31-20)22(28)25-8-2-3-9-25/h4-5,12-14,16H,2-3,6-11H2,1H3,(H,24,27). The van der Waals surface area contributed by atoms with Gasteiger partial charge in [0.05, 0.1) is 5.56 Å². The second-order valence-electron chi connectivity index (χ2n) is 8.28. The van der Waals surface area contributed by atoms with Crippen LogP contribution in [0.5, 0.6) is 0 Å². The molecule has 10 heteroatoms. The van der Waals surface area contributed by atoms with E-state index in [1.54, 1.807) is 22.4 Å². The summed E-state index contributed by atoms with van der Waals surface area (Å²) in [7, 11) is -3.69. The van der Waals surface area contributed by atoms with E-state index in [0.29, 0.717) is 29.1 Å². The summed E-state index contributed by atoms with van der Waals surface area (Å²) in [4.78, 5) is 27.0. The van der Waals surface area contributed by atoms with Gasteiger partial charge < -0.3 is 10.2 Å². The second kappa shape index (κ2) is 9.51. The minimum atomic E-state index is -3.69. The van der Waals surface area contributed by atoms with Gasteiger partial charge >= 0.3 is 0 Å². The summed E-state index contributed by atoms with van der Waals surface area (Å²) in [6.07, 6.45) is 2.85. The van der Waals surface area contributed by atoms with Gasteiger partial charge in [0.2, 0.25) is 5.91 Å². The van der Waals surface area contributed by atoms with Gasteiger partial charge in [-0.3, -0.25) is 9.59 Å². The van der Waals surface area contributed by atoms with Gasteiger partial charge in [0.25, 0.3) is 15.9 Å². The Morgan fingerprint density at radius 3 is 2.47 bits per heavy atom. The fraction of sp³-hybridized carbons (Fsp3) is 0.455. The molecule has 0 spiro atoms. The number of amides is 2. The van der Waals surface area contributed by atoms with Crippen LogP contribution in [0.4, 0.5) is 5.69 Å². The average molecular weight is 496 g/mol. The molecule has 0 radical (unpaired) electrons. The first-order valence-electron chi connectivity index (χ1n) is 10.7. The third-order valence-corrected chi connectivity index (χ3v) is 9.64. The summed E-state index contributed by atoms with van der Waals surface area (Å²) in [6, 6.07) is 6.81. The molecular weight excluding hydrogens is 470 g/mol. The number of piperidine rings is 1. The number of hydrogen-bond donors (Lipinski definition) is 1. The van der Waals surface area contributed by atoms with Gasteiger partial charge in [-0.25, -0.2) is 8.42 Å². The third-order valence-electron chi connectivity index (χ3n) is 6.09. The van der Waals surface area contributed by atoms with Gasteiger partial charge in [-0.2, -0.15) is 4.31 Å². The SMILES string of the molecule is Cc1ccc(Cl)cc1NC(=O)C1CCN(S(=O)(=O)c2cc(C(=O)N3CCCC3)cs2)CC1. The molecule has 0 bridgehead atoms. The van der Waals surface area contributed by atoms with Gasteiger partial charge in [0.15, 0.2) is 0 Å². The highest BCUT2D eigenvalue weighted by molar-refractivity contribution is 7.91. The lowest BCUT2D eigenvalue weighted by molar-refractivity contribution is -0.120. The van der Waals surface area contributed by atoms with Gasteiger partial charge in [-0.1, -0.05) is 17.7 Å². The van der Waals surface area contributed by atoms with Crippen molar-refractivity contribution in [2.45, 2.75) is 36.8 Å². The number of likely N-dealkylation sites (tertiary alicyclic amines) is 1. The van der Waals surface area contributed by atoms with E-state index in [2.05, 4.69) is 5.32 Å². The molecule has 32 heavy (non-hydrogen) atoms. The molecule has 1 aromatic carbocycles. The molecule has 2 aromatic rings. The molecule has 2 fully saturated rings. The predicted molar refractivity (Wildman–Crippen MR) is 126 cm³/mol. The lowest BCUT2D eigenvalue weighted by Crippen LogP contribution is -2.41. The van der Waals surface area contributed by atoms with Crippen molar-refractivity contribution >= 4 is 50.5 Å². The van der Waals surface area contributed by atoms with Crippen LogP contribution < -0.4 is 5.32 Å². The first-order chi connectivity index (χ1) is 15.3. The number of rotatable bonds is 5. The number of sulfonamides is 1. The van der Waals surface area contributed by atoms with Crippen molar-refractivity contribution in [2.75, 3.05) is 31.5 Å². The topological polar surface area (TPSA) is 86.8 Å². The van der Waals surface area contributed by atoms with Crippen molar-refractivity contribution in [1.82, 2.24) is 9.21 Å². The smallest absolute Gasteiger partial charge is 0.254 e. The van der Waals surface area contributed by atoms with Gasteiger partial charge in [0.1, 0.15) is 4.21 Å². The third kappa shape index (κ3) is 4.85. The number of halogens is 1. The summed E-state index contributed by atoms with van der Waals surface area (Å²) in [5.41, 5.74) is 2.02. The fourth-order valence-electron chi connectivity index (χ4n) is 4.12. The molecule has 7 nitrogen and oxygen atoms in total. The molecule has 0 unspecified atom stereocenters. The lowest BCUT2D eigenvalue weighted by Gasteiger charge is -2.30. The van der Waals surface area contributed by atoms with E-state index in [9.17, 15) is 18.0 Å². The average Bonchev–Trinajstić information content (AvgIpc) is 3.49. The number of carbonyl (C=O) groups excluding carboxylic acids is 2. The van der Waals surface area contributed by atoms with E-state index in [-0.39, 0.29) is 35.0 Å². The maximum absolute atomic E-state index is 13.1. The van der Waals surface area contributed by atoms with Crippen LogP contribution >= 0.6 is 22.9 Å². The Balaban J connectivity index is 1.37. The number of benzene rings is 1. The number of thiophene rings is 1. The van der Waals surface area contributed by atoms with Crippen molar-refractivity contribution in [3.05, 3.63) is 45.8 Å². The molecule has 0 aliphatic carbocycles. The van der Waals surface area contributed by atoms with Crippen molar-refractivity contribution < 1.29 is 18.0 Å². The minimum Gasteiger partial charge on any atom is -0.339 e. The normalized spacial score (nSPS) is 18.1. The number of anilines is 1. The number of nitrogens with one attached hydrogen (secondary N) is 1. The maximum Gasteiger partial charge on any atom is 0.254 e. The second-order valence-corrected chi connectivity index (χ2v) is 11.8. The van der Waals surface area contributed by atoms with Crippen molar-refractivity contribution in [1.29, 1.82) is 0 Å². The lowest BCUT2D eigenvalue weighted by atomic mass is 9.97. The Hall–Kier alpha value is -1.94. The minimum absolute atomic E-state index is 0.105. The van der Waals surface area contributed by atoms with E-state index in [1.165, 1.54) is 10.4 Å². The summed E-state index contributed by atoms with van der Waals surface area (Å²) >= 11 is 7.10. The molecule has 2 amide bonds. The molecule has 1 N–H and O–H groups in total. The van der Waals surface area contributed by atoms with Gasteiger partial charge in [-0.15, -0.1) is 11.3 Å². The zero-order chi connectivity index (χ0) is 22.9. The Bertz CT molecular complexity index is 1120. The summed E-state index contributed by atoms with van der Waals surface area (Å²) < 4.78 is 27.8. The van der Waals surface area contributed by atoms with Gasteiger partial charge in [0, 0.05) is 48.2 Å². The van der Waals surface area contributed by atoms with Crippen molar-refractivity contribution in [2.24, 2.45) is 5.92 Å². The van der Waals surface area contributed by atoms with Crippen LogP contribution in [0.1, 0.15) is 41.6 Å². The summed E-state index contributed by atoms with van der Waals surface area (Å²) in [6.45, 7) is 3.87. The van der Waals surface area contributed by atoms with Crippen molar-refractivity contribution in [3.63, 3.8) is 0 Å². The zero-order valence-electron chi connectivity index (χ0n) is 17.8. The number of aryl methyl sites for hydroxylation is 1. The number of hydrogen-bond acceptors (Lipinski definition) is 5. The van der Waals surface area contributed by atoms with Crippen LogP contribution in [0.15, 0.2) is 33.9 Å². The first kappa shape index (κ1) is 23.2. The molecular formula is C22H26ClN3O4S2. The van der Waals surface area contributed by atoms with Gasteiger partial charge in [-0.05, 0) is 56.4 Å². The van der Waals surface area contributed by atoms with E-state index in [4.69, 9.17) is 11.6 Å². The Morgan fingerprint density at radius 2 is 1.78 bits per heavy atom. The number of carbonyl (C=O) groups is 2. The fourth-order valence-corrected chi connectivity index (χ4v) is 7.06. The summed E-state index contributed by atoms with van der Waals surface area (Å²) in [5.74, 6) is -0.496. The number of nitrogens with zero attached hydrogens (tertiary/aromatic N) is 2. The van der Waals surface area contributed by atoms with Crippen LogP contribution in [0.3, 0.4) is 0 Å². The molecule has 1 aromatic heterocycles. The Kier molecular flexibility index (Phi) is 6.90. The van der Waals surface area contributed by atoms with E-state index in [0.717, 1.165) is 42.8 Å². The van der Waals surface area contributed by atoms with Crippen molar-refractivity contribution in [3.8, 4) is 0 Å². The Labute approximate surface area is 197 Å². The van der Waals surface area contributed by atoms with E-state index in [1.807, 2.05) is 13.0 Å². The summed E-state index contributed by atoms with van der Waals surface area (Å²) in [5, 5.41) is 5.09. The monoisotopic (exact) mass is 495 g/mol. The molecule has 3 heterocycles. The quantitative estimate of drug-likeness (QED) is 0.679.